The van der Waals surface area contributed by atoms with Crippen LogP contribution in [0.15, 0.2) is 61.4 Å². The number of benzene rings is 1. The minimum absolute atomic E-state index is 0.861. The third-order valence-corrected chi connectivity index (χ3v) is 3.83. The van der Waals surface area contributed by atoms with Gasteiger partial charge in [-0.05, 0) is 36.4 Å². The zero-order chi connectivity index (χ0) is 16.9. The summed E-state index contributed by atoms with van der Waals surface area (Å²) in [5.41, 5.74) is 4.95. The summed E-state index contributed by atoms with van der Waals surface area (Å²) in [6.45, 7) is 0. The maximum absolute atomic E-state index is 4.24. The molecule has 0 unspecified atom stereocenters. The first-order valence-electron chi connectivity index (χ1n) is 7.89. The summed E-state index contributed by atoms with van der Waals surface area (Å²) in [4.78, 5) is 19.8. The van der Waals surface area contributed by atoms with E-state index in [0.717, 1.165) is 33.5 Å². The monoisotopic (exact) mass is 325 g/mol. The molecule has 4 aromatic rings. The van der Waals surface area contributed by atoms with Crippen molar-refractivity contribution in [2.75, 3.05) is 0 Å². The fourth-order valence-electron chi connectivity index (χ4n) is 2.63. The Labute approximate surface area is 144 Å². The number of hydrogen-bond acceptors (Lipinski definition) is 4. The Balaban J connectivity index is 1.76. The fourth-order valence-corrected chi connectivity index (χ4v) is 2.63. The molecule has 3 heterocycles. The summed E-state index contributed by atoms with van der Waals surface area (Å²) in [6.07, 6.45) is 14.6. The van der Waals surface area contributed by atoms with Gasteiger partial charge in [0.1, 0.15) is 12.7 Å². The van der Waals surface area contributed by atoms with Crippen LogP contribution in [0, 0.1) is 0 Å². The van der Waals surface area contributed by atoms with E-state index in [9.17, 15) is 0 Å². The fraction of sp³-hybridized carbons (Fsp3) is 0. The van der Waals surface area contributed by atoms with Gasteiger partial charge >= 0.3 is 0 Å². The molecule has 0 fully saturated rings. The predicted octanol–water partition coefficient (Wildman–Crippen LogP) is 4.09. The molecule has 1 aromatic carbocycles. The minimum atomic E-state index is 0.861. The van der Waals surface area contributed by atoms with E-state index in [2.05, 4.69) is 43.1 Å². The van der Waals surface area contributed by atoms with Crippen molar-refractivity contribution >= 4 is 35.2 Å². The molecule has 0 saturated carbocycles. The van der Waals surface area contributed by atoms with Crippen LogP contribution in [0.4, 0.5) is 0 Å². The molecule has 5 nitrogen and oxygen atoms in total. The van der Waals surface area contributed by atoms with Gasteiger partial charge in [0.05, 0.1) is 11.4 Å². The molecular formula is C20H15N5. The maximum atomic E-state index is 4.24. The Hall–Kier alpha value is -3.60. The normalized spacial score (nSPS) is 11.7. The lowest BCUT2D eigenvalue weighted by Crippen LogP contribution is -1.82. The molecule has 0 spiro atoms. The maximum Gasteiger partial charge on any atom is 0.115 e. The smallest absolute Gasteiger partial charge is 0.115 e. The summed E-state index contributed by atoms with van der Waals surface area (Å²) < 4.78 is 0. The van der Waals surface area contributed by atoms with Crippen LogP contribution >= 0.6 is 0 Å². The Morgan fingerprint density at radius 2 is 1.40 bits per heavy atom. The Kier molecular flexibility index (Phi) is 4.12. The number of nitrogens with one attached hydrogen (secondary N) is 1. The van der Waals surface area contributed by atoms with Crippen molar-refractivity contribution in [3.63, 3.8) is 0 Å². The highest BCUT2D eigenvalue weighted by Gasteiger charge is 2.06. The molecule has 0 amide bonds. The quantitative estimate of drug-likeness (QED) is 0.613. The number of H-pyrrole nitrogens is 1. The first kappa shape index (κ1) is 15.0. The summed E-state index contributed by atoms with van der Waals surface area (Å²) in [5, 5.41) is 1.16. The van der Waals surface area contributed by atoms with Crippen molar-refractivity contribution in [1.29, 1.82) is 0 Å². The van der Waals surface area contributed by atoms with Gasteiger partial charge in [0.2, 0.25) is 0 Å². The van der Waals surface area contributed by atoms with E-state index < -0.39 is 0 Å². The molecule has 25 heavy (non-hydrogen) atoms. The second-order valence-corrected chi connectivity index (χ2v) is 5.43. The molecule has 0 aliphatic carbocycles. The van der Waals surface area contributed by atoms with Gasteiger partial charge in [0.25, 0.3) is 0 Å². The van der Waals surface area contributed by atoms with E-state index in [-0.39, 0.29) is 0 Å². The van der Waals surface area contributed by atoms with Gasteiger partial charge in [-0.25, -0.2) is 19.9 Å². The SMILES string of the molecule is C(=C\c1[nH]c2ccccc2c1/C=C/c1ccncn1)/c1ccncn1. The van der Waals surface area contributed by atoms with Crippen molar-refractivity contribution in [2.45, 2.75) is 0 Å². The van der Waals surface area contributed by atoms with Crippen molar-refractivity contribution in [3.8, 4) is 0 Å². The summed E-state index contributed by atoms with van der Waals surface area (Å²) in [7, 11) is 0. The van der Waals surface area contributed by atoms with Gasteiger partial charge < -0.3 is 4.98 Å². The molecule has 120 valence electrons. The Morgan fingerprint density at radius 1 is 0.720 bits per heavy atom. The molecule has 0 saturated heterocycles. The van der Waals surface area contributed by atoms with Crippen molar-refractivity contribution in [2.24, 2.45) is 0 Å². The average Bonchev–Trinajstić information content (AvgIpc) is 3.04. The number of fused-ring (bicyclic) bond motifs is 1. The lowest BCUT2D eigenvalue weighted by atomic mass is 10.1. The molecule has 0 aliphatic rings. The lowest BCUT2D eigenvalue weighted by molar-refractivity contribution is 1.15. The highest BCUT2D eigenvalue weighted by molar-refractivity contribution is 5.96. The van der Waals surface area contributed by atoms with E-state index >= 15 is 0 Å². The van der Waals surface area contributed by atoms with Gasteiger partial charge in [0, 0.05) is 34.6 Å². The van der Waals surface area contributed by atoms with Crippen LogP contribution in [0.5, 0.6) is 0 Å². The van der Waals surface area contributed by atoms with Gasteiger partial charge in [0.15, 0.2) is 0 Å². The van der Waals surface area contributed by atoms with Crippen LogP contribution in [0.2, 0.25) is 0 Å². The molecule has 0 bridgehead atoms. The average molecular weight is 325 g/mol. The molecule has 0 radical (unpaired) electrons. The Morgan fingerprint density at radius 3 is 2.08 bits per heavy atom. The van der Waals surface area contributed by atoms with Crippen molar-refractivity contribution in [1.82, 2.24) is 24.9 Å². The largest absolute Gasteiger partial charge is 0.355 e. The molecule has 0 atom stereocenters. The van der Waals surface area contributed by atoms with Crippen LogP contribution in [-0.4, -0.2) is 24.9 Å². The van der Waals surface area contributed by atoms with Gasteiger partial charge in [-0.15, -0.1) is 0 Å². The second-order valence-electron chi connectivity index (χ2n) is 5.43. The van der Waals surface area contributed by atoms with Gasteiger partial charge in [-0.3, -0.25) is 0 Å². The van der Waals surface area contributed by atoms with E-state index in [1.165, 1.54) is 0 Å². The number of para-hydroxylation sites is 1. The van der Waals surface area contributed by atoms with Crippen LogP contribution in [0.25, 0.3) is 35.2 Å². The van der Waals surface area contributed by atoms with E-state index in [1.807, 2.05) is 42.5 Å². The molecule has 0 aliphatic heterocycles. The number of rotatable bonds is 4. The van der Waals surface area contributed by atoms with Crippen LogP contribution in [0.1, 0.15) is 22.6 Å². The molecule has 5 heteroatoms. The van der Waals surface area contributed by atoms with Gasteiger partial charge in [-0.2, -0.15) is 0 Å². The third-order valence-electron chi connectivity index (χ3n) is 3.83. The van der Waals surface area contributed by atoms with Crippen molar-refractivity contribution in [3.05, 3.63) is 84.1 Å². The van der Waals surface area contributed by atoms with Crippen molar-refractivity contribution < 1.29 is 0 Å². The van der Waals surface area contributed by atoms with Crippen LogP contribution in [-0.2, 0) is 0 Å². The Bertz CT molecular complexity index is 1030. The number of nitrogens with zero attached hydrogens (tertiary/aromatic N) is 4. The summed E-state index contributed by atoms with van der Waals surface area (Å²) >= 11 is 0. The first-order chi connectivity index (χ1) is 12.4. The molecule has 4 rings (SSSR count). The number of aromatic nitrogens is 5. The van der Waals surface area contributed by atoms with Crippen LogP contribution < -0.4 is 0 Å². The zero-order valence-electron chi connectivity index (χ0n) is 13.4. The lowest BCUT2D eigenvalue weighted by Gasteiger charge is -1.96. The summed E-state index contributed by atoms with van der Waals surface area (Å²) in [5.74, 6) is 0. The standard InChI is InChI=1S/C20H15N5/c1-2-4-19-17(3-1)18(7-5-15-9-11-21-13-23-15)20(25-19)8-6-16-10-12-22-14-24-16/h1-14,25H/b7-5+,8-6+. The molecular weight excluding hydrogens is 310 g/mol. The van der Waals surface area contributed by atoms with E-state index in [1.54, 1.807) is 25.0 Å². The second kappa shape index (κ2) is 6.88. The summed E-state index contributed by atoms with van der Waals surface area (Å²) in [6, 6.07) is 12.0. The zero-order valence-corrected chi connectivity index (χ0v) is 13.4. The van der Waals surface area contributed by atoms with E-state index in [4.69, 9.17) is 0 Å². The molecule has 1 N–H and O–H groups in total. The number of hydrogen-bond donors (Lipinski definition) is 1. The van der Waals surface area contributed by atoms with Crippen LogP contribution in [0.3, 0.4) is 0 Å². The highest BCUT2D eigenvalue weighted by atomic mass is 14.8. The number of aromatic amines is 1. The topological polar surface area (TPSA) is 67.3 Å². The highest BCUT2D eigenvalue weighted by Crippen LogP contribution is 2.25. The third kappa shape index (κ3) is 3.35. The molecule has 3 aromatic heterocycles. The van der Waals surface area contributed by atoms with Gasteiger partial charge in [-0.1, -0.05) is 24.3 Å². The predicted molar refractivity (Wildman–Crippen MR) is 100 cm³/mol. The van der Waals surface area contributed by atoms with E-state index in [0.29, 0.717) is 0 Å². The first-order valence-corrected chi connectivity index (χ1v) is 7.89. The minimum Gasteiger partial charge on any atom is -0.355 e.